The van der Waals surface area contributed by atoms with Crippen LogP contribution in [-0.2, 0) is 16.0 Å². The van der Waals surface area contributed by atoms with Gasteiger partial charge >= 0.3 is 6.18 Å². The second kappa shape index (κ2) is 9.75. The van der Waals surface area contributed by atoms with E-state index >= 15 is 4.39 Å². The lowest BCUT2D eigenvalue weighted by Crippen LogP contribution is -2.17. The highest BCUT2D eigenvalue weighted by Gasteiger charge is 2.36. The van der Waals surface area contributed by atoms with Gasteiger partial charge in [0.2, 0.25) is 0 Å². The second-order valence-corrected chi connectivity index (χ2v) is 10.8. The molecule has 3 N–H and O–H groups in total. The minimum atomic E-state index is -4.85. The number of hydrogen-bond donors (Lipinski definition) is 2. The molecule has 40 heavy (non-hydrogen) atoms. The number of sulfone groups is 1. The van der Waals surface area contributed by atoms with E-state index in [2.05, 4.69) is 15.4 Å². The fraction of sp³-hybridized carbons (Fsp3) is 0.0741. The number of carbonyl (C=O) groups excluding carboxylic acids is 1. The Bertz CT molecular complexity index is 1900. The molecule has 0 saturated heterocycles. The third kappa shape index (κ3) is 5.10. The summed E-state index contributed by atoms with van der Waals surface area (Å²) in [5, 5.41) is 7.10. The Balaban J connectivity index is 1.52. The summed E-state index contributed by atoms with van der Waals surface area (Å²) in [6.07, 6.45) is -2.37. The Hall–Kier alpha value is -4.78. The first-order valence-electron chi connectivity index (χ1n) is 11.5. The van der Waals surface area contributed by atoms with Gasteiger partial charge in [0.1, 0.15) is 17.3 Å². The maximum absolute atomic E-state index is 15.1. The Morgan fingerprint density at radius 3 is 2.42 bits per heavy atom. The maximum Gasteiger partial charge on any atom is 0.435 e. The topological polar surface area (TPSA) is 120 Å². The summed E-state index contributed by atoms with van der Waals surface area (Å²) in [5.41, 5.74) is 4.26. The number of benzene rings is 3. The number of alkyl halides is 3. The first-order chi connectivity index (χ1) is 18.8. The maximum atomic E-state index is 15.1. The van der Waals surface area contributed by atoms with Crippen LogP contribution in [0.2, 0.25) is 0 Å². The summed E-state index contributed by atoms with van der Waals surface area (Å²) in [5.74, 6) is -1.71. The van der Waals surface area contributed by atoms with Gasteiger partial charge in [-0.25, -0.2) is 22.5 Å². The van der Waals surface area contributed by atoms with Crippen LogP contribution in [0.3, 0.4) is 0 Å². The van der Waals surface area contributed by atoms with Gasteiger partial charge in [0, 0.05) is 40.7 Å². The molecule has 0 radical (unpaired) electrons. The Labute approximate surface area is 225 Å². The Morgan fingerprint density at radius 2 is 1.73 bits per heavy atom. The number of carbonyl (C=O) groups is 1. The molecule has 0 spiro atoms. The van der Waals surface area contributed by atoms with Crippen LogP contribution in [0.25, 0.3) is 27.6 Å². The quantitative estimate of drug-likeness (QED) is 0.271. The van der Waals surface area contributed by atoms with Crippen LogP contribution in [-0.4, -0.2) is 35.3 Å². The lowest BCUT2D eigenvalue weighted by atomic mass is 10.0. The Kier molecular flexibility index (Phi) is 6.54. The fourth-order valence-electron chi connectivity index (χ4n) is 4.21. The number of fused-ring (bicyclic) bond motifs is 1. The highest BCUT2D eigenvalue weighted by Crippen LogP contribution is 2.33. The molecule has 0 saturated carbocycles. The molecule has 5 rings (SSSR count). The summed E-state index contributed by atoms with van der Waals surface area (Å²) in [7, 11) is -3.67. The zero-order chi connectivity index (χ0) is 28.8. The lowest BCUT2D eigenvalue weighted by molar-refractivity contribution is -0.141. The molecule has 0 aliphatic carbocycles. The summed E-state index contributed by atoms with van der Waals surface area (Å²) in [6, 6.07) is 16.1. The molecule has 2 aromatic heterocycles. The van der Waals surface area contributed by atoms with Crippen LogP contribution in [0.15, 0.2) is 83.9 Å². The van der Waals surface area contributed by atoms with Gasteiger partial charge in [0.05, 0.1) is 10.6 Å². The van der Waals surface area contributed by atoms with Crippen LogP contribution in [0.4, 0.5) is 29.1 Å². The van der Waals surface area contributed by atoms with E-state index in [0.717, 1.165) is 17.0 Å². The van der Waals surface area contributed by atoms with Crippen molar-refractivity contribution in [3.05, 3.63) is 96.2 Å². The second-order valence-electron chi connectivity index (χ2n) is 8.84. The number of nitrogens with two attached hydrogens (primary N) is 1. The number of pyridine rings is 1. The van der Waals surface area contributed by atoms with Crippen LogP contribution in [0.5, 0.6) is 0 Å². The molecule has 2 heterocycles. The molecular formula is C27H19F4N5O3S. The third-order valence-electron chi connectivity index (χ3n) is 6.06. The molecule has 0 bridgehead atoms. The van der Waals surface area contributed by atoms with Crippen molar-refractivity contribution in [2.45, 2.75) is 11.1 Å². The van der Waals surface area contributed by atoms with E-state index in [1.807, 2.05) is 0 Å². The van der Waals surface area contributed by atoms with Gasteiger partial charge in [-0.05, 0) is 47.9 Å². The number of halogens is 4. The molecule has 0 unspecified atom stereocenters. The van der Waals surface area contributed by atoms with Gasteiger partial charge < -0.3 is 11.1 Å². The number of nitrogens with zero attached hydrogens (tertiary/aromatic N) is 3. The first kappa shape index (κ1) is 26.8. The summed E-state index contributed by atoms with van der Waals surface area (Å²) in [4.78, 5) is 17.0. The SMILES string of the molecule is CS(=O)(=O)c1ccccc1-c1ccc(NC(=O)c2cc(C(F)(F)F)nn2-c2ccc3ccnc(N)c3c2)cc1F. The monoisotopic (exact) mass is 569 g/mol. The lowest BCUT2D eigenvalue weighted by Gasteiger charge is -2.12. The molecule has 0 aliphatic heterocycles. The normalized spacial score (nSPS) is 12.0. The van der Waals surface area contributed by atoms with E-state index in [0.29, 0.717) is 16.8 Å². The van der Waals surface area contributed by atoms with Crippen molar-refractivity contribution >= 4 is 38.0 Å². The van der Waals surface area contributed by atoms with E-state index in [1.165, 1.54) is 48.7 Å². The zero-order valence-corrected chi connectivity index (χ0v) is 21.4. The highest BCUT2D eigenvalue weighted by atomic mass is 32.2. The highest BCUT2D eigenvalue weighted by molar-refractivity contribution is 7.90. The summed E-state index contributed by atoms with van der Waals surface area (Å²) >= 11 is 0. The van der Waals surface area contributed by atoms with Crippen molar-refractivity contribution in [1.29, 1.82) is 0 Å². The summed E-state index contributed by atoms with van der Waals surface area (Å²) in [6.45, 7) is 0. The predicted molar refractivity (Wildman–Crippen MR) is 141 cm³/mol. The number of anilines is 2. The van der Waals surface area contributed by atoms with Gasteiger partial charge in [-0.3, -0.25) is 4.79 Å². The van der Waals surface area contributed by atoms with Crippen LogP contribution >= 0.6 is 0 Å². The minimum absolute atomic E-state index is 0.0363. The van der Waals surface area contributed by atoms with Gasteiger partial charge in [-0.15, -0.1) is 0 Å². The van der Waals surface area contributed by atoms with E-state index in [4.69, 9.17) is 5.73 Å². The van der Waals surface area contributed by atoms with E-state index in [-0.39, 0.29) is 33.2 Å². The van der Waals surface area contributed by atoms with Gasteiger partial charge in [0.25, 0.3) is 5.91 Å². The van der Waals surface area contributed by atoms with E-state index < -0.39 is 39.1 Å². The largest absolute Gasteiger partial charge is 0.435 e. The van der Waals surface area contributed by atoms with Gasteiger partial charge in [-0.2, -0.15) is 18.3 Å². The van der Waals surface area contributed by atoms with Crippen LogP contribution in [0, 0.1) is 5.82 Å². The molecule has 3 aromatic carbocycles. The fourth-order valence-corrected chi connectivity index (χ4v) is 5.11. The predicted octanol–water partition coefficient (Wildman–Crippen LogP) is 5.48. The molecule has 8 nitrogen and oxygen atoms in total. The molecule has 13 heteroatoms. The Morgan fingerprint density at radius 1 is 0.975 bits per heavy atom. The van der Waals surface area contributed by atoms with Crippen molar-refractivity contribution in [2.75, 3.05) is 17.3 Å². The molecule has 204 valence electrons. The number of nitrogens with one attached hydrogen (secondary N) is 1. The third-order valence-corrected chi connectivity index (χ3v) is 7.22. The number of amides is 1. The van der Waals surface area contributed by atoms with E-state index in [9.17, 15) is 26.4 Å². The van der Waals surface area contributed by atoms with Crippen LogP contribution < -0.4 is 11.1 Å². The van der Waals surface area contributed by atoms with Crippen molar-refractivity contribution in [2.24, 2.45) is 0 Å². The first-order valence-corrected chi connectivity index (χ1v) is 13.4. The zero-order valence-electron chi connectivity index (χ0n) is 20.6. The summed E-state index contributed by atoms with van der Waals surface area (Å²) < 4.78 is 80.9. The van der Waals surface area contributed by atoms with Crippen molar-refractivity contribution in [1.82, 2.24) is 14.8 Å². The minimum Gasteiger partial charge on any atom is -0.383 e. The number of nitrogen functional groups attached to an aromatic ring is 1. The number of hydrogen-bond acceptors (Lipinski definition) is 6. The smallest absolute Gasteiger partial charge is 0.383 e. The van der Waals surface area contributed by atoms with Gasteiger partial charge in [0.15, 0.2) is 15.5 Å². The van der Waals surface area contributed by atoms with Crippen molar-refractivity contribution in [3.8, 4) is 16.8 Å². The average Bonchev–Trinajstić information content (AvgIpc) is 3.35. The van der Waals surface area contributed by atoms with Crippen molar-refractivity contribution in [3.63, 3.8) is 0 Å². The van der Waals surface area contributed by atoms with Crippen molar-refractivity contribution < 1.29 is 30.8 Å². The molecule has 0 fully saturated rings. The molecule has 0 aliphatic rings. The van der Waals surface area contributed by atoms with Gasteiger partial charge in [-0.1, -0.05) is 24.3 Å². The molecule has 0 atom stereocenters. The number of rotatable bonds is 5. The van der Waals surface area contributed by atoms with Crippen LogP contribution in [0.1, 0.15) is 16.2 Å². The van der Waals surface area contributed by atoms with E-state index in [1.54, 1.807) is 18.2 Å². The standard InChI is InChI=1S/C27H19F4N5O3S/c1-40(38,39)23-5-3-2-4-19(23)18-9-7-16(12-21(18)28)34-26(37)22-14-24(27(29,30)31)35-36(22)17-8-6-15-10-11-33-25(32)20(15)13-17/h2-14H,1H3,(H2,32,33)(H,34,37). The molecule has 1 amide bonds. The number of aromatic nitrogens is 3. The average molecular weight is 570 g/mol. The molecule has 5 aromatic rings. The molecular weight excluding hydrogens is 550 g/mol.